The van der Waals surface area contributed by atoms with Crippen LogP contribution in [0.25, 0.3) is 5.82 Å². The minimum Gasteiger partial charge on any atom is -0.352 e. The molecule has 0 unspecified atom stereocenters. The minimum absolute atomic E-state index is 0.0361. The average molecular weight is 327 g/mol. The Hall–Kier alpha value is -2.66. The third kappa shape index (κ3) is 4.17. The van der Waals surface area contributed by atoms with Crippen LogP contribution in [-0.4, -0.2) is 20.4 Å². The van der Waals surface area contributed by atoms with Gasteiger partial charge >= 0.3 is 0 Å². The van der Waals surface area contributed by atoms with Gasteiger partial charge in [0.05, 0.1) is 6.42 Å². The van der Waals surface area contributed by atoms with Crippen LogP contribution < -0.4 is 5.32 Å². The molecule has 1 N–H and O–H groups in total. The normalized spacial score (nSPS) is 10.5. The van der Waals surface area contributed by atoms with Crippen molar-refractivity contribution in [1.29, 1.82) is 0 Å². The molecular weight excluding hydrogens is 312 g/mol. The van der Waals surface area contributed by atoms with Crippen LogP contribution in [0.3, 0.4) is 0 Å². The molecule has 0 atom stereocenters. The van der Waals surface area contributed by atoms with Gasteiger partial charge in [0.15, 0.2) is 0 Å². The molecule has 0 spiro atoms. The number of nitrogens with zero attached hydrogens (tertiary/aromatic N) is 3. The summed E-state index contributed by atoms with van der Waals surface area (Å²) in [6.45, 7) is 0.448. The van der Waals surface area contributed by atoms with Gasteiger partial charge in [0.1, 0.15) is 12.1 Å². The van der Waals surface area contributed by atoms with E-state index in [1.54, 1.807) is 30.9 Å². The number of benzene rings is 1. The van der Waals surface area contributed by atoms with Gasteiger partial charge in [-0.15, -0.1) is 0 Å². The third-order valence-corrected chi connectivity index (χ3v) is 3.60. The van der Waals surface area contributed by atoms with Gasteiger partial charge in [-0.2, -0.15) is 0 Å². The van der Waals surface area contributed by atoms with Crippen molar-refractivity contribution in [2.24, 2.45) is 0 Å². The van der Waals surface area contributed by atoms with Crippen LogP contribution in [0.1, 0.15) is 11.1 Å². The molecule has 2 aromatic heterocycles. The van der Waals surface area contributed by atoms with Crippen LogP contribution in [0.5, 0.6) is 0 Å². The van der Waals surface area contributed by atoms with Crippen molar-refractivity contribution in [2.45, 2.75) is 13.0 Å². The summed E-state index contributed by atoms with van der Waals surface area (Å²) in [5, 5.41) is 3.55. The summed E-state index contributed by atoms with van der Waals surface area (Å²) in [4.78, 5) is 20.3. The zero-order valence-electron chi connectivity index (χ0n) is 12.3. The molecule has 0 radical (unpaired) electrons. The second kappa shape index (κ2) is 7.07. The van der Waals surface area contributed by atoms with Crippen molar-refractivity contribution in [1.82, 2.24) is 19.9 Å². The van der Waals surface area contributed by atoms with E-state index >= 15 is 0 Å². The maximum absolute atomic E-state index is 11.9. The Morgan fingerprint density at radius 3 is 2.57 bits per heavy atom. The molecule has 116 valence electrons. The number of nitrogens with one attached hydrogen (secondary N) is 1. The summed E-state index contributed by atoms with van der Waals surface area (Å²) >= 11 is 5.83. The largest absolute Gasteiger partial charge is 0.352 e. The molecule has 0 saturated carbocycles. The van der Waals surface area contributed by atoms with E-state index < -0.39 is 0 Å². The summed E-state index contributed by atoms with van der Waals surface area (Å²) in [5.41, 5.74) is 1.87. The van der Waals surface area contributed by atoms with E-state index in [0.29, 0.717) is 18.0 Å². The van der Waals surface area contributed by atoms with Crippen LogP contribution >= 0.6 is 11.6 Å². The molecule has 23 heavy (non-hydrogen) atoms. The van der Waals surface area contributed by atoms with E-state index in [1.165, 1.54) is 0 Å². The molecule has 0 aliphatic heterocycles. The molecule has 0 bridgehead atoms. The maximum atomic E-state index is 11.9. The minimum atomic E-state index is -0.0361. The Balaban J connectivity index is 1.53. The number of carbonyl (C=O) groups is 1. The van der Waals surface area contributed by atoms with Crippen molar-refractivity contribution in [3.8, 4) is 5.82 Å². The van der Waals surface area contributed by atoms with Crippen molar-refractivity contribution >= 4 is 17.5 Å². The predicted molar refractivity (Wildman–Crippen MR) is 88.4 cm³/mol. The summed E-state index contributed by atoms with van der Waals surface area (Å²) in [5.74, 6) is 0.754. The van der Waals surface area contributed by atoms with Gasteiger partial charge in [-0.25, -0.2) is 9.97 Å². The maximum Gasteiger partial charge on any atom is 0.224 e. The second-order valence-corrected chi connectivity index (χ2v) is 5.51. The van der Waals surface area contributed by atoms with Crippen LogP contribution in [-0.2, 0) is 17.8 Å². The van der Waals surface area contributed by atoms with Crippen molar-refractivity contribution in [3.05, 3.63) is 77.5 Å². The standard InChI is InChI=1S/C17H15ClN4O/c18-15-4-1-13(2-5-15)9-17(23)21-11-14-3-6-16(20-10-14)22-8-7-19-12-22/h1-8,10,12H,9,11H2,(H,21,23). The molecule has 1 aromatic carbocycles. The fraction of sp³-hybridized carbons (Fsp3) is 0.118. The lowest BCUT2D eigenvalue weighted by Crippen LogP contribution is -2.24. The quantitative estimate of drug-likeness (QED) is 0.784. The first-order valence-electron chi connectivity index (χ1n) is 7.15. The number of imidazole rings is 1. The lowest BCUT2D eigenvalue weighted by atomic mass is 10.1. The monoisotopic (exact) mass is 326 g/mol. The Kier molecular flexibility index (Phi) is 4.68. The fourth-order valence-corrected chi connectivity index (χ4v) is 2.25. The van der Waals surface area contributed by atoms with E-state index in [4.69, 9.17) is 11.6 Å². The molecule has 3 rings (SSSR count). The molecule has 0 aliphatic rings. The van der Waals surface area contributed by atoms with Crippen LogP contribution in [0, 0.1) is 0 Å². The molecule has 2 heterocycles. The number of pyridine rings is 1. The highest BCUT2D eigenvalue weighted by molar-refractivity contribution is 6.30. The van der Waals surface area contributed by atoms with Gasteiger partial charge in [0.25, 0.3) is 0 Å². The Bertz CT molecular complexity index is 767. The first-order chi connectivity index (χ1) is 11.2. The predicted octanol–water partition coefficient (Wildman–Crippen LogP) is 2.78. The van der Waals surface area contributed by atoms with Crippen LogP contribution in [0.2, 0.25) is 5.02 Å². The topological polar surface area (TPSA) is 59.8 Å². The van der Waals surface area contributed by atoms with E-state index in [0.717, 1.165) is 16.9 Å². The molecule has 1 amide bonds. The number of aromatic nitrogens is 3. The van der Waals surface area contributed by atoms with Crippen molar-refractivity contribution < 1.29 is 4.79 Å². The first-order valence-corrected chi connectivity index (χ1v) is 7.53. The lowest BCUT2D eigenvalue weighted by molar-refractivity contribution is -0.120. The van der Waals surface area contributed by atoms with E-state index in [1.807, 2.05) is 35.0 Å². The lowest BCUT2D eigenvalue weighted by Gasteiger charge is -2.07. The first kappa shape index (κ1) is 15.2. The number of amides is 1. The fourth-order valence-electron chi connectivity index (χ4n) is 2.12. The summed E-state index contributed by atoms with van der Waals surface area (Å²) in [7, 11) is 0. The van der Waals surface area contributed by atoms with Crippen LogP contribution in [0.15, 0.2) is 61.3 Å². The third-order valence-electron chi connectivity index (χ3n) is 3.35. The molecule has 0 fully saturated rings. The molecule has 0 saturated heterocycles. The summed E-state index contributed by atoms with van der Waals surface area (Å²) < 4.78 is 1.82. The Morgan fingerprint density at radius 1 is 1.13 bits per heavy atom. The molecule has 6 heteroatoms. The van der Waals surface area contributed by atoms with E-state index in [9.17, 15) is 4.79 Å². The van der Waals surface area contributed by atoms with E-state index in [-0.39, 0.29) is 5.91 Å². The number of carbonyl (C=O) groups excluding carboxylic acids is 1. The molecule has 3 aromatic rings. The number of hydrogen-bond donors (Lipinski definition) is 1. The van der Waals surface area contributed by atoms with Crippen molar-refractivity contribution in [3.63, 3.8) is 0 Å². The van der Waals surface area contributed by atoms with Crippen molar-refractivity contribution in [2.75, 3.05) is 0 Å². The van der Waals surface area contributed by atoms with E-state index in [2.05, 4.69) is 15.3 Å². The molecule has 5 nitrogen and oxygen atoms in total. The highest BCUT2D eigenvalue weighted by Gasteiger charge is 2.04. The Morgan fingerprint density at radius 2 is 1.91 bits per heavy atom. The Labute approximate surface area is 139 Å². The van der Waals surface area contributed by atoms with Gasteiger partial charge in [0, 0.05) is 30.2 Å². The van der Waals surface area contributed by atoms with Gasteiger partial charge < -0.3 is 5.32 Å². The highest BCUT2D eigenvalue weighted by atomic mass is 35.5. The zero-order valence-corrected chi connectivity index (χ0v) is 13.1. The summed E-state index contributed by atoms with van der Waals surface area (Å²) in [6, 6.07) is 11.1. The number of rotatable bonds is 5. The SMILES string of the molecule is O=C(Cc1ccc(Cl)cc1)NCc1ccc(-n2ccnc2)nc1. The average Bonchev–Trinajstić information content (AvgIpc) is 3.10. The van der Waals surface area contributed by atoms with Gasteiger partial charge in [-0.3, -0.25) is 9.36 Å². The summed E-state index contributed by atoms with van der Waals surface area (Å²) in [6.07, 6.45) is 7.30. The van der Waals surface area contributed by atoms with Gasteiger partial charge in [-0.1, -0.05) is 29.8 Å². The number of halogens is 1. The smallest absolute Gasteiger partial charge is 0.224 e. The zero-order chi connectivity index (χ0) is 16.1. The molecule has 0 aliphatic carbocycles. The second-order valence-electron chi connectivity index (χ2n) is 5.07. The number of hydrogen-bond acceptors (Lipinski definition) is 3. The highest BCUT2D eigenvalue weighted by Crippen LogP contribution is 2.10. The van der Waals surface area contributed by atoms with Gasteiger partial charge in [0.2, 0.25) is 5.91 Å². The molecular formula is C17H15ClN4O. The van der Waals surface area contributed by atoms with Crippen LogP contribution in [0.4, 0.5) is 0 Å². The van der Waals surface area contributed by atoms with Gasteiger partial charge in [-0.05, 0) is 29.3 Å².